The molecule has 1 N–H and O–H groups in total. The lowest BCUT2D eigenvalue weighted by molar-refractivity contribution is 0.600. The molecule has 0 heterocycles. The lowest BCUT2D eigenvalue weighted by atomic mass is 10.0. The van der Waals surface area contributed by atoms with Crippen LogP contribution in [0.1, 0.15) is 20.8 Å². The minimum Gasteiger partial charge on any atom is -0.379 e. The van der Waals surface area contributed by atoms with Crippen LogP contribution in [0, 0.1) is 5.92 Å². The van der Waals surface area contributed by atoms with E-state index in [-0.39, 0.29) is 0 Å². The molecule has 0 aliphatic heterocycles. The van der Waals surface area contributed by atoms with Gasteiger partial charge in [-0.1, -0.05) is 44.2 Å². The van der Waals surface area contributed by atoms with Crippen LogP contribution in [0.2, 0.25) is 0 Å². The van der Waals surface area contributed by atoms with E-state index in [2.05, 4.69) is 62.5 Å². The number of hydrogen-bond acceptors (Lipinski definition) is 1. The van der Waals surface area contributed by atoms with Gasteiger partial charge < -0.3 is 5.32 Å². The standard InChI is InChI=1S/C13H19N/c1-4-8-13(11(2)3)14-12-9-6-5-7-10-12/h4-11,13-14H,1-3H3/b8-4+. The summed E-state index contributed by atoms with van der Waals surface area (Å²) in [6, 6.07) is 10.7. The third kappa shape index (κ3) is 3.25. The molecule has 1 rings (SSSR count). The van der Waals surface area contributed by atoms with Crippen LogP contribution in [0.4, 0.5) is 5.69 Å². The summed E-state index contributed by atoms with van der Waals surface area (Å²) in [5, 5.41) is 3.49. The number of allylic oxidation sites excluding steroid dienone is 1. The molecule has 1 atom stereocenters. The molecule has 0 bridgehead atoms. The number of hydrogen-bond donors (Lipinski definition) is 1. The first-order valence-corrected chi connectivity index (χ1v) is 5.18. The molecule has 0 saturated carbocycles. The Morgan fingerprint density at radius 2 is 1.79 bits per heavy atom. The molecule has 76 valence electrons. The summed E-state index contributed by atoms with van der Waals surface area (Å²) in [5.74, 6) is 0.603. The number of rotatable bonds is 4. The highest BCUT2D eigenvalue weighted by Gasteiger charge is 2.08. The average molecular weight is 189 g/mol. The van der Waals surface area contributed by atoms with Crippen LogP contribution in [0.25, 0.3) is 0 Å². The smallest absolute Gasteiger partial charge is 0.0467 e. The van der Waals surface area contributed by atoms with Crippen LogP contribution in [0.15, 0.2) is 42.5 Å². The molecular formula is C13H19N. The first-order valence-electron chi connectivity index (χ1n) is 5.18. The Bertz CT molecular complexity index is 275. The van der Waals surface area contributed by atoms with Gasteiger partial charge in [0, 0.05) is 11.7 Å². The monoisotopic (exact) mass is 189 g/mol. The van der Waals surface area contributed by atoms with E-state index in [1.54, 1.807) is 0 Å². The number of benzene rings is 1. The summed E-state index contributed by atoms with van der Waals surface area (Å²) in [4.78, 5) is 0. The molecule has 0 radical (unpaired) electrons. The van der Waals surface area contributed by atoms with E-state index in [1.807, 2.05) is 6.07 Å². The van der Waals surface area contributed by atoms with Gasteiger partial charge in [0.05, 0.1) is 0 Å². The molecule has 0 aliphatic rings. The molecule has 1 unspecified atom stereocenters. The second kappa shape index (κ2) is 5.48. The first kappa shape index (κ1) is 10.8. The molecule has 0 aliphatic carbocycles. The van der Waals surface area contributed by atoms with Crippen LogP contribution in [0.5, 0.6) is 0 Å². The first-order chi connectivity index (χ1) is 6.74. The van der Waals surface area contributed by atoms with E-state index in [1.165, 1.54) is 5.69 Å². The van der Waals surface area contributed by atoms with Crippen molar-refractivity contribution in [2.24, 2.45) is 5.92 Å². The van der Waals surface area contributed by atoms with Crippen molar-refractivity contribution in [2.45, 2.75) is 26.8 Å². The van der Waals surface area contributed by atoms with Crippen LogP contribution in [-0.4, -0.2) is 6.04 Å². The van der Waals surface area contributed by atoms with Gasteiger partial charge in [0.1, 0.15) is 0 Å². The fourth-order valence-electron chi connectivity index (χ4n) is 1.37. The van der Waals surface area contributed by atoms with Crippen molar-refractivity contribution in [1.82, 2.24) is 0 Å². The van der Waals surface area contributed by atoms with Crippen molar-refractivity contribution < 1.29 is 0 Å². The lowest BCUT2D eigenvalue weighted by Gasteiger charge is -2.19. The summed E-state index contributed by atoms with van der Waals surface area (Å²) in [7, 11) is 0. The average Bonchev–Trinajstić information content (AvgIpc) is 2.18. The number of anilines is 1. The van der Waals surface area contributed by atoms with Gasteiger partial charge in [-0.25, -0.2) is 0 Å². The van der Waals surface area contributed by atoms with E-state index in [9.17, 15) is 0 Å². The fourth-order valence-corrected chi connectivity index (χ4v) is 1.37. The Morgan fingerprint density at radius 1 is 1.14 bits per heavy atom. The molecular weight excluding hydrogens is 170 g/mol. The van der Waals surface area contributed by atoms with Gasteiger partial charge in [-0.2, -0.15) is 0 Å². The van der Waals surface area contributed by atoms with E-state index < -0.39 is 0 Å². The summed E-state index contributed by atoms with van der Waals surface area (Å²) in [6.07, 6.45) is 4.30. The van der Waals surface area contributed by atoms with Crippen LogP contribution < -0.4 is 5.32 Å². The van der Waals surface area contributed by atoms with Crippen molar-refractivity contribution in [3.8, 4) is 0 Å². The molecule has 0 saturated heterocycles. The maximum absolute atomic E-state index is 3.49. The van der Waals surface area contributed by atoms with E-state index in [4.69, 9.17) is 0 Å². The Morgan fingerprint density at radius 3 is 2.29 bits per heavy atom. The van der Waals surface area contributed by atoms with E-state index in [0.29, 0.717) is 12.0 Å². The minimum absolute atomic E-state index is 0.419. The largest absolute Gasteiger partial charge is 0.379 e. The molecule has 0 amide bonds. The SMILES string of the molecule is C/C=C/C(Nc1ccccc1)C(C)C. The topological polar surface area (TPSA) is 12.0 Å². The Hall–Kier alpha value is -1.24. The highest BCUT2D eigenvalue weighted by molar-refractivity contribution is 5.44. The van der Waals surface area contributed by atoms with Crippen molar-refractivity contribution in [3.63, 3.8) is 0 Å². The third-order valence-electron chi connectivity index (χ3n) is 2.23. The van der Waals surface area contributed by atoms with Gasteiger partial charge in [0.25, 0.3) is 0 Å². The maximum Gasteiger partial charge on any atom is 0.0467 e. The molecule has 0 spiro atoms. The predicted octanol–water partition coefficient (Wildman–Crippen LogP) is 3.70. The van der Waals surface area contributed by atoms with Gasteiger partial charge >= 0.3 is 0 Å². The van der Waals surface area contributed by atoms with Crippen molar-refractivity contribution in [1.29, 1.82) is 0 Å². The molecule has 1 aromatic rings. The maximum atomic E-state index is 3.49. The van der Waals surface area contributed by atoms with Gasteiger partial charge in [-0.15, -0.1) is 0 Å². The van der Waals surface area contributed by atoms with Crippen LogP contribution >= 0.6 is 0 Å². The Balaban J connectivity index is 2.65. The summed E-state index contributed by atoms with van der Waals surface area (Å²) < 4.78 is 0. The van der Waals surface area contributed by atoms with E-state index >= 15 is 0 Å². The molecule has 1 heteroatoms. The van der Waals surface area contributed by atoms with Crippen molar-refractivity contribution in [2.75, 3.05) is 5.32 Å². The van der Waals surface area contributed by atoms with Gasteiger partial charge in [-0.05, 0) is 25.0 Å². The van der Waals surface area contributed by atoms with Crippen LogP contribution in [-0.2, 0) is 0 Å². The Kier molecular flexibility index (Phi) is 4.24. The van der Waals surface area contributed by atoms with E-state index in [0.717, 1.165) is 0 Å². The van der Waals surface area contributed by atoms with Gasteiger partial charge in [-0.3, -0.25) is 0 Å². The molecule has 0 fully saturated rings. The second-order valence-electron chi connectivity index (χ2n) is 3.81. The summed E-state index contributed by atoms with van der Waals surface area (Å²) in [6.45, 7) is 6.50. The Labute approximate surface area is 86.8 Å². The molecule has 1 aromatic carbocycles. The molecule has 14 heavy (non-hydrogen) atoms. The van der Waals surface area contributed by atoms with Gasteiger partial charge in [0.2, 0.25) is 0 Å². The third-order valence-corrected chi connectivity index (χ3v) is 2.23. The zero-order valence-electron chi connectivity index (χ0n) is 9.20. The minimum atomic E-state index is 0.419. The highest BCUT2D eigenvalue weighted by atomic mass is 14.9. The predicted molar refractivity (Wildman–Crippen MR) is 63.5 cm³/mol. The molecule has 1 nitrogen and oxygen atoms in total. The quantitative estimate of drug-likeness (QED) is 0.712. The van der Waals surface area contributed by atoms with Crippen LogP contribution in [0.3, 0.4) is 0 Å². The normalized spacial score (nSPS) is 13.4. The second-order valence-corrected chi connectivity index (χ2v) is 3.81. The van der Waals surface area contributed by atoms with Crippen molar-refractivity contribution >= 4 is 5.69 Å². The summed E-state index contributed by atoms with van der Waals surface area (Å²) >= 11 is 0. The van der Waals surface area contributed by atoms with Crippen molar-refractivity contribution in [3.05, 3.63) is 42.5 Å². The fraction of sp³-hybridized carbons (Fsp3) is 0.385. The molecule has 0 aromatic heterocycles. The lowest BCUT2D eigenvalue weighted by Crippen LogP contribution is -2.22. The zero-order valence-corrected chi connectivity index (χ0v) is 9.20. The number of nitrogens with one attached hydrogen (secondary N) is 1. The number of para-hydroxylation sites is 1. The van der Waals surface area contributed by atoms with Gasteiger partial charge in [0.15, 0.2) is 0 Å². The zero-order chi connectivity index (χ0) is 10.4. The highest BCUT2D eigenvalue weighted by Crippen LogP contribution is 2.12. The summed E-state index contributed by atoms with van der Waals surface area (Å²) in [5.41, 5.74) is 1.18.